The lowest BCUT2D eigenvalue weighted by molar-refractivity contribution is 0.104. The van der Waals surface area contributed by atoms with Crippen LogP contribution >= 0.6 is 0 Å². The maximum absolute atomic E-state index is 13.2. The number of amides is 2. The van der Waals surface area contributed by atoms with Gasteiger partial charge in [-0.25, -0.2) is 13.6 Å². The second-order valence-electron chi connectivity index (χ2n) is 6.33. The third kappa shape index (κ3) is 4.42. The van der Waals surface area contributed by atoms with E-state index in [-0.39, 0.29) is 12.1 Å². The molecule has 2 amide bonds. The van der Waals surface area contributed by atoms with Gasteiger partial charge < -0.3 is 15.0 Å². The summed E-state index contributed by atoms with van der Waals surface area (Å²) < 4.78 is 31.7. The lowest BCUT2D eigenvalue weighted by atomic mass is 10.2. The Bertz CT molecular complexity index is 571. The van der Waals surface area contributed by atoms with Gasteiger partial charge in [0.2, 0.25) is 0 Å². The highest BCUT2D eigenvalue weighted by molar-refractivity contribution is 5.74. The fourth-order valence-corrected chi connectivity index (χ4v) is 3.12. The molecule has 2 aliphatic rings. The van der Waals surface area contributed by atoms with Crippen molar-refractivity contribution >= 4 is 6.03 Å². The molecule has 5 nitrogen and oxygen atoms in total. The van der Waals surface area contributed by atoms with Crippen LogP contribution in [-0.4, -0.2) is 61.3 Å². The normalized spacial score (nSPS) is 21.9. The number of hydrogen-bond donors (Lipinski definition) is 1. The van der Waals surface area contributed by atoms with Crippen molar-refractivity contribution < 1.29 is 18.3 Å². The minimum atomic E-state index is -0.827. The van der Waals surface area contributed by atoms with Gasteiger partial charge in [0, 0.05) is 45.9 Å². The molecule has 2 heterocycles. The number of halogens is 2. The van der Waals surface area contributed by atoms with Gasteiger partial charge in [0.15, 0.2) is 11.6 Å². The van der Waals surface area contributed by atoms with E-state index in [1.54, 1.807) is 11.0 Å². The summed E-state index contributed by atoms with van der Waals surface area (Å²) in [6.45, 7) is 4.58. The molecule has 0 bridgehead atoms. The van der Waals surface area contributed by atoms with Crippen molar-refractivity contribution in [1.29, 1.82) is 0 Å². The summed E-state index contributed by atoms with van der Waals surface area (Å²) >= 11 is 0. The van der Waals surface area contributed by atoms with Gasteiger partial charge in [0.1, 0.15) is 0 Å². The fourth-order valence-electron chi connectivity index (χ4n) is 3.12. The highest BCUT2D eigenvalue weighted by atomic mass is 19.2. The minimum absolute atomic E-state index is 0.0574. The first-order valence-electron chi connectivity index (χ1n) is 8.42. The predicted molar refractivity (Wildman–Crippen MR) is 85.6 cm³/mol. The average molecular weight is 339 g/mol. The third-order valence-electron chi connectivity index (χ3n) is 4.55. The standard InChI is InChI=1S/C17H23F2N3O2/c18-15-4-3-13(10-16(15)19)12-21-5-7-22(8-6-21)17(23)20-11-14-2-1-9-24-14/h3-4,10,14H,1-2,5-9,11-12H2,(H,20,23). The zero-order valence-electron chi connectivity index (χ0n) is 13.6. The van der Waals surface area contributed by atoms with Crippen molar-refractivity contribution in [2.75, 3.05) is 39.3 Å². The Morgan fingerprint density at radius 2 is 2.00 bits per heavy atom. The van der Waals surface area contributed by atoms with E-state index in [1.165, 1.54) is 6.07 Å². The van der Waals surface area contributed by atoms with Crippen molar-refractivity contribution in [1.82, 2.24) is 15.1 Å². The number of urea groups is 1. The SMILES string of the molecule is O=C(NCC1CCCO1)N1CCN(Cc2ccc(F)c(F)c2)CC1. The molecule has 24 heavy (non-hydrogen) atoms. The molecule has 2 aliphatic heterocycles. The number of carbonyl (C=O) groups excluding carboxylic acids is 1. The van der Waals surface area contributed by atoms with Crippen LogP contribution in [0.1, 0.15) is 18.4 Å². The lowest BCUT2D eigenvalue weighted by Crippen LogP contribution is -2.52. The summed E-state index contributed by atoms with van der Waals surface area (Å²) in [5, 5.41) is 2.92. The molecule has 3 rings (SSSR count). The molecule has 1 aromatic carbocycles. The zero-order chi connectivity index (χ0) is 16.9. The van der Waals surface area contributed by atoms with Crippen LogP contribution in [0, 0.1) is 11.6 Å². The second-order valence-corrected chi connectivity index (χ2v) is 6.33. The number of carbonyl (C=O) groups is 1. The molecule has 0 aromatic heterocycles. The number of rotatable bonds is 4. The highest BCUT2D eigenvalue weighted by Gasteiger charge is 2.23. The average Bonchev–Trinajstić information content (AvgIpc) is 3.10. The molecule has 0 spiro atoms. The van der Waals surface area contributed by atoms with E-state index in [2.05, 4.69) is 10.2 Å². The monoisotopic (exact) mass is 339 g/mol. The molecule has 132 valence electrons. The van der Waals surface area contributed by atoms with E-state index < -0.39 is 11.6 Å². The Balaban J connectivity index is 1.41. The first kappa shape index (κ1) is 17.1. The molecule has 1 N–H and O–H groups in total. The van der Waals surface area contributed by atoms with Gasteiger partial charge in [0.25, 0.3) is 0 Å². The van der Waals surface area contributed by atoms with Crippen molar-refractivity contribution in [2.45, 2.75) is 25.5 Å². The van der Waals surface area contributed by atoms with Crippen molar-refractivity contribution in [2.24, 2.45) is 0 Å². The van der Waals surface area contributed by atoms with Crippen LogP contribution in [0.5, 0.6) is 0 Å². The number of piperazine rings is 1. The molecule has 1 aromatic rings. The summed E-state index contributed by atoms with van der Waals surface area (Å²) in [7, 11) is 0. The van der Waals surface area contributed by atoms with Crippen LogP contribution in [0.15, 0.2) is 18.2 Å². The van der Waals surface area contributed by atoms with Crippen LogP contribution in [0.25, 0.3) is 0 Å². The predicted octanol–water partition coefficient (Wildman–Crippen LogP) is 1.97. The van der Waals surface area contributed by atoms with Gasteiger partial charge in [0.05, 0.1) is 6.10 Å². The smallest absolute Gasteiger partial charge is 0.317 e. The second kappa shape index (κ2) is 7.90. The van der Waals surface area contributed by atoms with Crippen molar-refractivity contribution in [3.05, 3.63) is 35.4 Å². The van der Waals surface area contributed by atoms with E-state index in [4.69, 9.17) is 4.74 Å². The van der Waals surface area contributed by atoms with E-state index in [1.807, 2.05) is 0 Å². The Morgan fingerprint density at radius 3 is 2.67 bits per heavy atom. The molecule has 7 heteroatoms. The van der Waals surface area contributed by atoms with E-state index in [0.717, 1.165) is 31.1 Å². The lowest BCUT2D eigenvalue weighted by Gasteiger charge is -2.34. The summed E-state index contributed by atoms with van der Waals surface area (Å²) in [5.41, 5.74) is 0.741. The summed E-state index contributed by atoms with van der Waals surface area (Å²) in [4.78, 5) is 16.1. The number of ether oxygens (including phenoxy) is 1. The third-order valence-corrected chi connectivity index (χ3v) is 4.55. The van der Waals surface area contributed by atoms with Crippen LogP contribution in [-0.2, 0) is 11.3 Å². The number of hydrogen-bond acceptors (Lipinski definition) is 3. The molecule has 0 saturated carbocycles. The van der Waals surface area contributed by atoms with Crippen LogP contribution in [0.3, 0.4) is 0 Å². The Kier molecular flexibility index (Phi) is 5.63. The molecule has 2 saturated heterocycles. The van der Waals surface area contributed by atoms with Crippen LogP contribution in [0.2, 0.25) is 0 Å². The maximum Gasteiger partial charge on any atom is 0.317 e. The van der Waals surface area contributed by atoms with Crippen LogP contribution in [0.4, 0.5) is 13.6 Å². The first-order valence-corrected chi connectivity index (χ1v) is 8.42. The van der Waals surface area contributed by atoms with Gasteiger partial charge in [-0.2, -0.15) is 0 Å². The van der Waals surface area contributed by atoms with Crippen LogP contribution < -0.4 is 5.32 Å². The summed E-state index contributed by atoms with van der Waals surface area (Å²) in [6.07, 6.45) is 2.20. The molecule has 0 aliphatic carbocycles. The van der Waals surface area contributed by atoms with Gasteiger partial charge >= 0.3 is 6.03 Å². The number of nitrogens with zero attached hydrogens (tertiary/aromatic N) is 2. The molecule has 1 atom stereocenters. The van der Waals surface area contributed by atoms with E-state index >= 15 is 0 Å². The fraction of sp³-hybridized carbons (Fsp3) is 0.588. The van der Waals surface area contributed by atoms with E-state index in [0.29, 0.717) is 39.3 Å². The Hall–Kier alpha value is -1.73. The maximum atomic E-state index is 13.2. The van der Waals surface area contributed by atoms with E-state index in [9.17, 15) is 13.6 Å². The molecular weight excluding hydrogens is 316 g/mol. The van der Waals surface area contributed by atoms with Gasteiger partial charge in [-0.15, -0.1) is 0 Å². The Labute approximate surface area is 140 Å². The zero-order valence-corrected chi connectivity index (χ0v) is 13.6. The minimum Gasteiger partial charge on any atom is -0.376 e. The summed E-state index contributed by atoms with van der Waals surface area (Å²) in [5.74, 6) is -1.65. The topological polar surface area (TPSA) is 44.8 Å². The first-order chi connectivity index (χ1) is 11.6. The molecular formula is C17H23F2N3O2. The van der Waals surface area contributed by atoms with Gasteiger partial charge in [-0.3, -0.25) is 4.90 Å². The summed E-state index contributed by atoms with van der Waals surface area (Å²) in [6, 6.07) is 3.92. The van der Waals surface area contributed by atoms with Crippen molar-refractivity contribution in [3.8, 4) is 0 Å². The van der Waals surface area contributed by atoms with Gasteiger partial charge in [-0.1, -0.05) is 6.07 Å². The number of nitrogens with one attached hydrogen (secondary N) is 1. The highest BCUT2D eigenvalue weighted by Crippen LogP contribution is 2.13. The van der Waals surface area contributed by atoms with Crippen molar-refractivity contribution in [3.63, 3.8) is 0 Å². The molecule has 2 fully saturated rings. The molecule has 1 unspecified atom stereocenters. The quantitative estimate of drug-likeness (QED) is 0.912. The van der Waals surface area contributed by atoms with Gasteiger partial charge in [-0.05, 0) is 30.5 Å². The Morgan fingerprint density at radius 1 is 1.21 bits per heavy atom. The largest absolute Gasteiger partial charge is 0.376 e. The number of benzene rings is 1. The molecule has 0 radical (unpaired) electrons.